The van der Waals surface area contributed by atoms with Gasteiger partial charge in [0, 0.05) is 5.88 Å². The van der Waals surface area contributed by atoms with Crippen LogP contribution in [-0.2, 0) is 5.41 Å². The first kappa shape index (κ1) is 14.5. The van der Waals surface area contributed by atoms with Crippen LogP contribution in [0.4, 0.5) is 0 Å². The fourth-order valence-corrected chi connectivity index (χ4v) is 2.05. The normalized spacial score (nSPS) is 13.8. The van der Waals surface area contributed by atoms with Gasteiger partial charge in [0.2, 0.25) is 0 Å². The molecule has 0 aliphatic heterocycles. The maximum atomic E-state index is 10.2. The van der Waals surface area contributed by atoms with Crippen LogP contribution in [0.15, 0.2) is 18.2 Å². The molecule has 0 radical (unpaired) electrons. The lowest BCUT2D eigenvalue weighted by Gasteiger charge is -2.22. The number of hydrogen-bond acceptors (Lipinski definition) is 1. The molecule has 1 N–H and O–H groups in total. The number of benzene rings is 1. The Bertz CT molecular complexity index is 366. The van der Waals surface area contributed by atoms with Crippen molar-refractivity contribution in [3.63, 3.8) is 0 Å². The van der Waals surface area contributed by atoms with E-state index in [9.17, 15) is 5.11 Å². The summed E-state index contributed by atoms with van der Waals surface area (Å²) >= 11 is 5.67. The Morgan fingerprint density at radius 1 is 1.29 bits per heavy atom. The molecule has 17 heavy (non-hydrogen) atoms. The summed E-state index contributed by atoms with van der Waals surface area (Å²) in [6.07, 6.45) is 1.19. The standard InChI is InChI=1S/C15H23ClO/c1-11-7-8-12(15(2,3)4)10-13(11)14(17)6-5-9-16/h7-8,10,14,17H,5-6,9H2,1-4H3. The summed E-state index contributed by atoms with van der Waals surface area (Å²) in [7, 11) is 0. The third-order valence-corrected chi connectivity index (χ3v) is 3.38. The van der Waals surface area contributed by atoms with Gasteiger partial charge in [-0.05, 0) is 41.9 Å². The quantitative estimate of drug-likeness (QED) is 0.793. The minimum absolute atomic E-state index is 0.120. The van der Waals surface area contributed by atoms with Crippen LogP contribution in [-0.4, -0.2) is 11.0 Å². The topological polar surface area (TPSA) is 20.2 Å². The van der Waals surface area contributed by atoms with Crippen LogP contribution < -0.4 is 0 Å². The monoisotopic (exact) mass is 254 g/mol. The van der Waals surface area contributed by atoms with Gasteiger partial charge in [0.05, 0.1) is 6.10 Å². The average Bonchev–Trinajstić information content (AvgIpc) is 2.24. The van der Waals surface area contributed by atoms with Gasteiger partial charge in [-0.3, -0.25) is 0 Å². The number of hydrogen-bond donors (Lipinski definition) is 1. The molecule has 0 fully saturated rings. The van der Waals surface area contributed by atoms with Crippen molar-refractivity contribution in [3.8, 4) is 0 Å². The zero-order chi connectivity index (χ0) is 13.1. The van der Waals surface area contributed by atoms with Crippen LogP contribution in [0, 0.1) is 6.92 Å². The van der Waals surface area contributed by atoms with Gasteiger partial charge in [0.25, 0.3) is 0 Å². The summed E-state index contributed by atoms with van der Waals surface area (Å²) in [4.78, 5) is 0. The van der Waals surface area contributed by atoms with Crippen molar-refractivity contribution in [2.75, 3.05) is 5.88 Å². The van der Waals surface area contributed by atoms with E-state index in [1.165, 1.54) is 5.56 Å². The summed E-state index contributed by atoms with van der Waals surface area (Å²) in [5, 5.41) is 10.2. The van der Waals surface area contributed by atoms with E-state index in [-0.39, 0.29) is 5.41 Å². The summed E-state index contributed by atoms with van der Waals surface area (Å²) in [6.45, 7) is 8.61. The molecule has 0 aliphatic rings. The van der Waals surface area contributed by atoms with Gasteiger partial charge in [-0.15, -0.1) is 11.6 Å². The van der Waals surface area contributed by atoms with Crippen LogP contribution in [0.2, 0.25) is 0 Å². The zero-order valence-electron chi connectivity index (χ0n) is 11.3. The largest absolute Gasteiger partial charge is 0.388 e. The summed E-state index contributed by atoms with van der Waals surface area (Å²) in [5.41, 5.74) is 3.58. The SMILES string of the molecule is Cc1ccc(C(C)(C)C)cc1C(O)CCCCl. The lowest BCUT2D eigenvalue weighted by atomic mass is 9.84. The maximum absolute atomic E-state index is 10.2. The second kappa shape index (κ2) is 5.88. The molecule has 2 heteroatoms. The fourth-order valence-electron chi connectivity index (χ4n) is 1.89. The second-order valence-corrected chi connectivity index (χ2v) is 6.05. The predicted octanol–water partition coefficient (Wildman–Crippen LogP) is 4.34. The first-order valence-electron chi connectivity index (χ1n) is 6.21. The zero-order valence-corrected chi connectivity index (χ0v) is 12.0. The molecule has 0 aliphatic carbocycles. The van der Waals surface area contributed by atoms with Gasteiger partial charge in [0.15, 0.2) is 0 Å². The first-order valence-corrected chi connectivity index (χ1v) is 6.74. The Kier molecular flexibility index (Phi) is 5.03. The van der Waals surface area contributed by atoms with Crippen molar-refractivity contribution in [2.45, 2.75) is 52.1 Å². The molecule has 1 atom stereocenters. The molecule has 1 unspecified atom stereocenters. The van der Waals surface area contributed by atoms with E-state index in [2.05, 4.69) is 39.0 Å². The highest BCUT2D eigenvalue weighted by molar-refractivity contribution is 6.17. The van der Waals surface area contributed by atoms with Gasteiger partial charge in [0.1, 0.15) is 0 Å². The molecule has 1 aromatic rings. The lowest BCUT2D eigenvalue weighted by Crippen LogP contribution is -2.12. The van der Waals surface area contributed by atoms with Gasteiger partial charge >= 0.3 is 0 Å². The smallest absolute Gasteiger partial charge is 0.0793 e. The summed E-state index contributed by atoms with van der Waals surface area (Å²) in [6, 6.07) is 6.38. The first-order chi connectivity index (χ1) is 7.86. The molecular weight excluding hydrogens is 232 g/mol. The van der Waals surface area contributed by atoms with Crippen molar-refractivity contribution in [2.24, 2.45) is 0 Å². The minimum atomic E-state index is -0.393. The Morgan fingerprint density at radius 3 is 2.47 bits per heavy atom. The Morgan fingerprint density at radius 2 is 1.94 bits per heavy atom. The van der Waals surface area contributed by atoms with Gasteiger partial charge in [-0.2, -0.15) is 0 Å². The predicted molar refractivity (Wildman–Crippen MR) is 74.8 cm³/mol. The van der Waals surface area contributed by atoms with Crippen LogP contribution in [0.5, 0.6) is 0 Å². The van der Waals surface area contributed by atoms with E-state index in [1.807, 2.05) is 6.92 Å². The lowest BCUT2D eigenvalue weighted by molar-refractivity contribution is 0.166. The third kappa shape index (κ3) is 4.01. The van der Waals surface area contributed by atoms with Crippen LogP contribution >= 0.6 is 11.6 Å². The van der Waals surface area contributed by atoms with E-state index in [0.717, 1.165) is 24.0 Å². The van der Waals surface area contributed by atoms with E-state index >= 15 is 0 Å². The second-order valence-electron chi connectivity index (χ2n) is 5.67. The molecule has 0 saturated heterocycles. The molecule has 0 saturated carbocycles. The Balaban J connectivity index is 2.98. The number of aliphatic hydroxyl groups excluding tert-OH is 1. The van der Waals surface area contributed by atoms with Crippen LogP contribution in [0.3, 0.4) is 0 Å². The van der Waals surface area contributed by atoms with Crippen molar-refractivity contribution in [1.29, 1.82) is 0 Å². The van der Waals surface area contributed by atoms with Gasteiger partial charge in [-0.25, -0.2) is 0 Å². The number of halogens is 1. The highest BCUT2D eigenvalue weighted by Crippen LogP contribution is 2.29. The Hall–Kier alpha value is -0.530. The highest BCUT2D eigenvalue weighted by atomic mass is 35.5. The van der Waals surface area contributed by atoms with E-state index in [0.29, 0.717) is 5.88 Å². The van der Waals surface area contributed by atoms with Crippen molar-refractivity contribution < 1.29 is 5.11 Å². The molecule has 1 rings (SSSR count). The highest BCUT2D eigenvalue weighted by Gasteiger charge is 2.17. The average molecular weight is 255 g/mol. The molecular formula is C15H23ClO. The molecule has 0 heterocycles. The van der Waals surface area contributed by atoms with Gasteiger partial charge in [-0.1, -0.05) is 39.0 Å². The molecule has 0 amide bonds. The summed E-state index contributed by atoms with van der Waals surface area (Å²) in [5.74, 6) is 0.606. The third-order valence-electron chi connectivity index (χ3n) is 3.12. The number of aryl methyl sites for hydroxylation is 1. The maximum Gasteiger partial charge on any atom is 0.0793 e. The molecule has 0 spiro atoms. The van der Waals surface area contributed by atoms with Crippen molar-refractivity contribution in [3.05, 3.63) is 34.9 Å². The minimum Gasteiger partial charge on any atom is -0.388 e. The molecule has 1 aromatic carbocycles. The van der Waals surface area contributed by atoms with Gasteiger partial charge < -0.3 is 5.11 Å². The Labute approximate surface area is 110 Å². The van der Waals surface area contributed by atoms with E-state index in [1.54, 1.807) is 0 Å². The number of alkyl halides is 1. The van der Waals surface area contributed by atoms with Crippen molar-refractivity contribution in [1.82, 2.24) is 0 Å². The molecule has 0 bridgehead atoms. The summed E-state index contributed by atoms with van der Waals surface area (Å²) < 4.78 is 0. The van der Waals surface area contributed by atoms with Crippen molar-refractivity contribution >= 4 is 11.6 Å². The van der Waals surface area contributed by atoms with Crippen LogP contribution in [0.1, 0.15) is 56.4 Å². The van der Waals surface area contributed by atoms with E-state index in [4.69, 9.17) is 11.6 Å². The number of aliphatic hydroxyl groups is 1. The molecule has 1 nitrogen and oxygen atoms in total. The molecule has 0 aromatic heterocycles. The molecule has 96 valence electrons. The van der Waals surface area contributed by atoms with Crippen LogP contribution in [0.25, 0.3) is 0 Å². The van der Waals surface area contributed by atoms with E-state index < -0.39 is 6.10 Å². The number of rotatable bonds is 4. The fraction of sp³-hybridized carbons (Fsp3) is 0.600.